The predicted octanol–water partition coefficient (Wildman–Crippen LogP) is 3.66. The second kappa shape index (κ2) is 7.26. The molecule has 1 aromatic carbocycles. The zero-order valence-corrected chi connectivity index (χ0v) is 15.4. The fourth-order valence-electron chi connectivity index (χ4n) is 4.11. The average molecular weight is 356 g/mol. The quantitative estimate of drug-likeness (QED) is 0.880. The van der Waals surface area contributed by atoms with Gasteiger partial charge in [0.25, 0.3) is 0 Å². The van der Waals surface area contributed by atoms with Gasteiger partial charge in [0, 0.05) is 16.5 Å². The van der Waals surface area contributed by atoms with Gasteiger partial charge in [-0.3, -0.25) is 4.79 Å². The van der Waals surface area contributed by atoms with Crippen molar-refractivity contribution >= 4 is 17.2 Å². The molecular weight excluding hydrogens is 330 g/mol. The van der Waals surface area contributed by atoms with Gasteiger partial charge in [0.15, 0.2) is 0 Å². The SMILES string of the molecule is Cc1nc(-c2ccccc2)sc1CNC(=O)C1CC2CCCCC2N1. The molecule has 4 nitrogen and oxygen atoms in total. The van der Waals surface area contributed by atoms with Gasteiger partial charge in [0.1, 0.15) is 5.01 Å². The first kappa shape index (κ1) is 16.7. The summed E-state index contributed by atoms with van der Waals surface area (Å²) >= 11 is 1.67. The summed E-state index contributed by atoms with van der Waals surface area (Å²) in [6.07, 6.45) is 6.11. The van der Waals surface area contributed by atoms with Crippen molar-refractivity contribution in [3.05, 3.63) is 40.9 Å². The Labute approximate surface area is 153 Å². The van der Waals surface area contributed by atoms with Crippen LogP contribution in [0.25, 0.3) is 10.6 Å². The number of hydrogen-bond acceptors (Lipinski definition) is 4. The van der Waals surface area contributed by atoms with Gasteiger partial charge in [-0.1, -0.05) is 43.2 Å². The maximum atomic E-state index is 12.6. The number of hydrogen-bond donors (Lipinski definition) is 2. The van der Waals surface area contributed by atoms with Crippen molar-refractivity contribution in [1.82, 2.24) is 15.6 Å². The van der Waals surface area contributed by atoms with Crippen molar-refractivity contribution in [3.8, 4) is 10.6 Å². The molecule has 2 aromatic rings. The highest BCUT2D eigenvalue weighted by molar-refractivity contribution is 7.15. The number of amides is 1. The number of fused-ring (bicyclic) bond motifs is 1. The summed E-state index contributed by atoms with van der Waals surface area (Å²) in [6.45, 7) is 2.59. The van der Waals surface area contributed by atoms with E-state index >= 15 is 0 Å². The lowest BCUT2D eigenvalue weighted by Crippen LogP contribution is -2.42. The molecule has 25 heavy (non-hydrogen) atoms. The molecule has 2 heterocycles. The summed E-state index contributed by atoms with van der Waals surface area (Å²) in [6, 6.07) is 10.7. The van der Waals surface area contributed by atoms with Crippen molar-refractivity contribution in [1.29, 1.82) is 0 Å². The largest absolute Gasteiger partial charge is 0.350 e. The lowest BCUT2D eigenvalue weighted by Gasteiger charge is -2.24. The van der Waals surface area contributed by atoms with Gasteiger partial charge in [-0.2, -0.15) is 0 Å². The summed E-state index contributed by atoms with van der Waals surface area (Å²) in [5.74, 6) is 0.836. The van der Waals surface area contributed by atoms with Gasteiger partial charge in [-0.25, -0.2) is 4.98 Å². The predicted molar refractivity (Wildman–Crippen MR) is 101 cm³/mol. The Bertz CT molecular complexity index is 729. The molecule has 1 aliphatic heterocycles. The first-order valence-corrected chi connectivity index (χ1v) is 10.1. The zero-order chi connectivity index (χ0) is 17.2. The Morgan fingerprint density at radius 2 is 2.08 bits per heavy atom. The van der Waals surface area contributed by atoms with E-state index in [0.717, 1.165) is 27.6 Å². The third kappa shape index (κ3) is 3.62. The number of aromatic nitrogens is 1. The molecule has 1 saturated carbocycles. The molecule has 4 rings (SSSR count). The first-order chi connectivity index (χ1) is 12.2. The van der Waals surface area contributed by atoms with E-state index < -0.39 is 0 Å². The van der Waals surface area contributed by atoms with Crippen molar-refractivity contribution in [2.24, 2.45) is 5.92 Å². The Morgan fingerprint density at radius 3 is 2.88 bits per heavy atom. The van der Waals surface area contributed by atoms with Gasteiger partial charge in [-0.05, 0) is 32.1 Å². The number of thiazole rings is 1. The van der Waals surface area contributed by atoms with Gasteiger partial charge >= 0.3 is 0 Å². The number of nitrogens with zero attached hydrogens (tertiary/aromatic N) is 1. The molecule has 1 aromatic heterocycles. The van der Waals surface area contributed by atoms with Crippen LogP contribution in [-0.4, -0.2) is 23.0 Å². The van der Waals surface area contributed by atoms with Crippen LogP contribution in [0.4, 0.5) is 0 Å². The van der Waals surface area contributed by atoms with Crippen molar-refractivity contribution in [3.63, 3.8) is 0 Å². The van der Waals surface area contributed by atoms with E-state index in [4.69, 9.17) is 0 Å². The van der Waals surface area contributed by atoms with Crippen LogP contribution in [0.2, 0.25) is 0 Å². The monoisotopic (exact) mass is 355 g/mol. The molecule has 2 aliphatic rings. The van der Waals surface area contributed by atoms with Crippen LogP contribution in [0, 0.1) is 12.8 Å². The number of benzene rings is 1. The molecule has 0 bridgehead atoms. The molecule has 3 unspecified atom stereocenters. The van der Waals surface area contributed by atoms with Crippen LogP contribution in [-0.2, 0) is 11.3 Å². The summed E-state index contributed by atoms with van der Waals surface area (Å²) < 4.78 is 0. The lowest BCUT2D eigenvalue weighted by molar-refractivity contribution is -0.123. The molecule has 3 atom stereocenters. The molecule has 1 amide bonds. The smallest absolute Gasteiger partial charge is 0.237 e. The van der Waals surface area contributed by atoms with Crippen LogP contribution in [0.5, 0.6) is 0 Å². The van der Waals surface area contributed by atoms with Crippen molar-refractivity contribution in [2.45, 2.75) is 57.7 Å². The maximum Gasteiger partial charge on any atom is 0.237 e. The molecule has 0 spiro atoms. The van der Waals surface area contributed by atoms with Crippen LogP contribution in [0.1, 0.15) is 42.7 Å². The number of carbonyl (C=O) groups excluding carboxylic acids is 1. The third-order valence-corrected chi connectivity index (χ3v) is 6.72. The number of carbonyl (C=O) groups is 1. The Balaban J connectivity index is 1.37. The van der Waals surface area contributed by atoms with E-state index in [1.54, 1.807) is 11.3 Å². The molecule has 1 aliphatic carbocycles. The first-order valence-electron chi connectivity index (χ1n) is 9.26. The Hall–Kier alpha value is -1.72. The van der Waals surface area contributed by atoms with Crippen LogP contribution in [0.3, 0.4) is 0 Å². The topological polar surface area (TPSA) is 54.0 Å². The Kier molecular flexibility index (Phi) is 4.86. The van der Waals surface area contributed by atoms with E-state index in [9.17, 15) is 4.79 Å². The van der Waals surface area contributed by atoms with E-state index in [-0.39, 0.29) is 11.9 Å². The standard InChI is InChI=1S/C20H25N3OS/c1-13-18(25-20(22-13)14-7-3-2-4-8-14)12-21-19(24)17-11-15-9-5-6-10-16(15)23-17/h2-4,7-8,15-17,23H,5-6,9-12H2,1H3,(H,21,24). The normalized spacial score (nSPS) is 25.6. The molecule has 2 fully saturated rings. The number of nitrogens with one attached hydrogen (secondary N) is 2. The minimum Gasteiger partial charge on any atom is -0.350 e. The van der Waals surface area contributed by atoms with Crippen LogP contribution in [0.15, 0.2) is 30.3 Å². The molecule has 2 N–H and O–H groups in total. The Morgan fingerprint density at radius 1 is 1.28 bits per heavy atom. The highest BCUT2D eigenvalue weighted by Gasteiger charge is 2.38. The zero-order valence-electron chi connectivity index (χ0n) is 14.6. The fourth-order valence-corrected chi connectivity index (χ4v) is 5.12. The number of aryl methyl sites for hydroxylation is 1. The molecular formula is C20H25N3OS. The minimum absolute atomic E-state index is 0.0186. The van der Waals surface area contributed by atoms with Gasteiger partial charge in [-0.15, -0.1) is 11.3 Å². The van der Waals surface area contributed by atoms with E-state index in [1.165, 1.54) is 25.7 Å². The van der Waals surface area contributed by atoms with Gasteiger partial charge < -0.3 is 10.6 Å². The summed E-state index contributed by atoms with van der Waals surface area (Å²) in [7, 11) is 0. The lowest BCUT2D eigenvalue weighted by atomic mass is 9.85. The van der Waals surface area contributed by atoms with Crippen LogP contribution < -0.4 is 10.6 Å². The summed E-state index contributed by atoms with van der Waals surface area (Å²) in [5, 5.41) is 7.70. The van der Waals surface area contributed by atoms with Crippen LogP contribution >= 0.6 is 11.3 Å². The second-order valence-corrected chi connectivity index (χ2v) is 8.30. The average Bonchev–Trinajstić information content (AvgIpc) is 3.24. The molecule has 0 radical (unpaired) electrons. The summed E-state index contributed by atoms with van der Waals surface area (Å²) in [5.41, 5.74) is 2.15. The molecule has 1 saturated heterocycles. The van der Waals surface area contributed by atoms with Gasteiger partial charge in [0.2, 0.25) is 5.91 Å². The third-order valence-electron chi connectivity index (χ3n) is 5.52. The fraction of sp³-hybridized carbons (Fsp3) is 0.500. The minimum atomic E-state index is -0.0186. The van der Waals surface area contributed by atoms with E-state index in [1.807, 2.05) is 25.1 Å². The van der Waals surface area contributed by atoms with Crippen molar-refractivity contribution < 1.29 is 4.79 Å². The maximum absolute atomic E-state index is 12.6. The number of rotatable bonds is 4. The van der Waals surface area contributed by atoms with Gasteiger partial charge in [0.05, 0.1) is 18.3 Å². The highest BCUT2D eigenvalue weighted by atomic mass is 32.1. The van der Waals surface area contributed by atoms with E-state index in [2.05, 4.69) is 27.8 Å². The second-order valence-electron chi connectivity index (χ2n) is 7.22. The highest BCUT2D eigenvalue weighted by Crippen LogP contribution is 2.33. The molecule has 132 valence electrons. The molecule has 5 heteroatoms. The van der Waals surface area contributed by atoms with E-state index in [0.29, 0.717) is 18.5 Å². The summed E-state index contributed by atoms with van der Waals surface area (Å²) in [4.78, 5) is 18.4. The van der Waals surface area contributed by atoms with Crippen molar-refractivity contribution in [2.75, 3.05) is 0 Å².